The molecule has 29 heavy (non-hydrogen) atoms. The minimum Gasteiger partial charge on any atom is -0.298 e. The van der Waals surface area contributed by atoms with E-state index in [-0.39, 0.29) is 11.9 Å². The normalized spacial score (nSPS) is 11.3. The molecule has 1 amide bonds. The number of benzene rings is 1. The van der Waals surface area contributed by atoms with Crippen LogP contribution in [0.2, 0.25) is 5.02 Å². The second-order valence-corrected chi connectivity index (χ2v) is 8.69. The van der Waals surface area contributed by atoms with Crippen molar-refractivity contribution in [2.75, 3.05) is 5.32 Å². The number of aryl methyl sites for hydroxylation is 1. The summed E-state index contributed by atoms with van der Waals surface area (Å²) in [7, 11) is 0. The van der Waals surface area contributed by atoms with Gasteiger partial charge in [-0.05, 0) is 44.0 Å². The molecule has 148 valence electrons. The highest BCUT2D eigenvalue weighted by atomic mass is 35.5. The van der Waals surface area contributed by atoms with Crippen molar-refractivity contribution in [3.05, 3.63) is 69.4 Å². The molecule has 8 heteroatoms. The highest BCUT2D eigenvalue weighted by Crippen LogP contribution is 2.24. The predicted molar refractivity (Wildman–Crippen MR) is 117 cm³/mol. The van der Waals surface area contributed by atoms with Gasteiger partial charge in [0, 0.05) is 40.1 Å². The maximum absolute atomic E-state index is 12.6. The van der Waals surface area contributed by atoms with Crippen molar-refractivity contribution in [2.45, 2.75) is 33.2 Å². The van der Waals surface area contributed by atoms with Gasteiger partial charge in [-0.3, -0.25) is 10.1 Å². The summed E-state index contributed by atoms with van der Waals surface area (Å²) in [6, 6.07) is 8.03. The van der Waals surface area contributed by atoms with E-state index in [4.69, 9.17) is 11.6 Å². The first-order valence-electron chi connectivity index (χ1n) is 9.25. The van der Waals surface area contributed by atoms with Gasteiger partial charge in [0.05, 0.1) is 11.8 Å². The number of anilines is 1. The van der Waals surface area contributed by atoms with Crippen molar-refractivity contribution in [3.63, 3.8) is 0 Å². The van der Waals surface area contributed by atoms with Crippen molar-refractivity contribution >= 4 is 45.0 Å². The molecule has 4 rings (SSSR count). The van der Waals surface area contributed by atoms with Crippen LogP contribution in [0, 0.1) is 6.92 Å². The van der Waals surface area contributed by atoms with Crippen molar-refractivity contribution in [2.24, 2.45) is 0 Å². The van der Waals surface area contributed by atoms with Crippen LogP contribution in [0.5, 0.6) is 0 Å². The average Bonchev–Trinajstić information content (AvgIpc) is 3.30. The minimum atomic E-state index is -0.240. The zero-order valence-corrected chi connectivity index (χ0v) is 17.9. The molecule has 0 fully saturated rings. The highest BCUT2D eigenvalue weighted by Gasteiger charge is 2.13. The van der Waals surface area contributed by atoms with E-state index in [1.807, 2.05) is 37.6 Å². The summed E-state index contributed by atoms with van der Waals surface area (Å²) in [6.07, 6.45) is 5.80. The van der Waals surface area contributed by atoms with Gasteiger partial charge >= 0.3 is 0 Å². The first-order chi connectivity index (χ1) is 13.9. The number of thiazole rings is 1. The molecule has 1 aromatic carbocycles. The Kier molecular flexibility index (Phi) is 5.34. The van der Waals surface area contributed by atoms with Gasteiger partial charge in [0.2, 0.25) is 0 Å². The van der Waals surface area contributed by atoms with Gasteiger partial charge in [0.1, 0.15) is 0 Å². The Morgan fingerprint density at radius 1 is 1.21 bits per heavy atom. The fourth-order valence-corrected chi connectivity index (χ4v) is 4.05. The maximum Gasteiger partial charge on any atom is 0.259 e. The zero-order valence-electron chi connectivity index (χ0n) is 16.3. The summed E-state index contributed by atoms with van der Waals surface area (Å²) >= 11 is 7.65. The molecule has 6 nitrogen and oxygen atoms in total. The van der Waals surface area contributed by atoms with Crippen LogP contribution in [0.1, 0.15) is 46.3 Å². The fraction of sp³-hybridized carbons (Fsp3) is 0.238. The van der Waals surface area contributed by atoms with Crippen LogP contribution in [-0.2, 0) is 6.42 Å². The molecular weight excluding hydrogens is 406 g/mol. The molecule has 3 aromatic heterocycles. The van der Waals surface area contributed by atoms with E-state index < -0.39 is 0 Å². The summed E-state index contributed by atoms with van der Waals surface area (Å²) in [5.41, 5.74) is 3.41. The first-order valence-corrected chi connectivity index (χ1v) is 10.4. The van der Waals surface area contributed by atoms with Crippen molar-refractivity contribution in [1.29, 1.82) is 0 Å². The monoisotopic (exact) mass is 425 g/mol. The summed E-state index contributed by atoms with van der Waals surface area (Å²) in [5.74, 6) is -0.240. The van der Waals surface area contributed by atoms with E-state index in [1.54, 1.807) is 24.7 Å². The maximum atomic E-state index is 12.6. The van der Waals surface area contributed by atoms with Crippen LogP contribution < -0.4 is 5.32 Å². The largest absolute Gasteiger partial charge is 0.298 e. The Balaban J connectivity index is 1.47. The number of amides is 1. The van der Waals surface area contributed by atoms with Gasteiger partial charge in [-0.2, -0.15) is 5.10 Å². The van der Waals surface area contributed by atoms with Crippen molar-refractivity contribution in [3.8, 4) is 0 Å². The van der Waals surface area contributed by atoms with E-state index in [0.29, 0.717) is 10.7 Å². The fourth-order valence-electron chi connectivity index (χ4n) is 3.01. The van der Waals surface area contributed by atoms with Gasteiger partial charge in [-0.25, -0.2) is 14.6 Å². The highest BCUT2D eigenvalue weighted by molar-refractivity contribution is 7.15. The topological polar surface area (TPSA) is 72.7 Å². The number of carbonyl (C=O) groups excluding carboxylic acids is 1. The Hall–Kier alpha value is -2.77. The second kappa shape index (κ2) is 7.93. The summed E-state index contributed by atoms with van der Waals surface area (Å²) in [4.78, 5) is 22.4. The SMILES string of the molecule is Cc1ccc(Cc2cnc(NC(=O)c3cnc4c(cnn4C(C)C)c3)s2)cc1Cl. The quantitative estimate of drug-likeness (QED) is 0.472. The summed E-state index contributed by atoms with van der Waals surface area (Å²) < 4.78 is 1.83. The number of hydrogen-bond donors (Lipinski definition) is 1. The molecule has 0 saturated heterocycles. The zero-order chi connectivity index (χ0) is 20.5. The van der Waals surface area contributed by atoms with E-state index >= 15 is 0 Å². The number of nitrogens with one attached hydrogen (secondary N) is 1. The van der Waals surface area contributed by atoms with Crippen molar-refractivity contribution < 1.29 is 4.79 Å². The number of rotatable bonds is 5. The molecule has 0 atom stereocenters. The van der Waals surface area contributed by atoms with Crippen LogP contribution in [0.25, 0.3) is 11.0 Å². The Labute approximate surface area is 177 Å². The third-order valence-electron chi connectivity index (χ3n) is 4.57. The lowest BCUT2D eigenvalue weighted by Crippen LogP contribution is -2.12. The Morgan fingerprint density at radius 3 is 2.79 bits per heavy atom. The van der Waals surface area contributed by atoms with E-state index in [1.165, 1.54) is 11.3 Å². The van der Waals surface area contributed by atoms with Crippen molar-refractivity contribution in [1.82, 2.24) is 19.7 Å². The number of halogens is 1. The summed E-state index contributed by atoms with van der Waals surface area (Å²) in [6.45, 7) is 6.06. The summed E-state index contributed by atoms with van der Waals surface area (Å²) in [5, 5.41) is 9.34. The van der Waals surface area contributed by atoms with E-state index in [9.17, 15) is 4.79 Å². The van der Waals surface area contributed by atoms with Crippen LogP contribution in [-0.4, -0.2) is 25.7 Å². The Morgan fingerprint density at radius 2 is 2.03 bits per heavy atom. The van der Waals surface area contributed by atoms with Gasteiger partial charge in [0.15, 0.2) is 10.8 Å². The second-order valence-electron chi connectivity index (χ2n) is 7.17. The first kappa shape index (κ1) is 19.5. The lowest BCUT2D eigenvalue weighted by Gasteiger charge is -2.06. The number of nitrogens with zero attached hydrogens (tertiary/aromatic N) is 4. The molecule has 0 aliphatic carbocycles. The van der Waals surface area contributed by atoms with Crippen LogP contribution in [0.15, 0.2) is 42.9 Å². The molecule has 4 aromatic rings. The molecule has 0 saturated carbocycles. The molecule has 0 spiro atoms. The molecule has 0 bridgehead atoms. The molecule has 0 unspecified atom stereocenters. The van der Waals surface area contributed by atoms with Crippen LogP contribution >= 0.6 is 22.9 Å². The molecule has 0 aliphatic heterocycles. The third-order valence-corrected chi connectivity index (χ3v) is 5.89. The lowest BCUT2D eigenvalue weighted by atomic mass is 10.1. The molecule has 0 aliphatic rings. The van der Waals surface area contributed by atoms with Gasteiger partial charge < -0.3 is 0 Å². The van der Waals surface area contributed by atoms with Crippen LogP contribution in [0.3, 0.4) is 0 Å². The molecule has 3 heterocycles. The predicted octanol–water partition coefficient (Wildman–Crippen LogP) is 5.27. The van der Waals surface area contributed by atoms with Gasteiger partial charge in [-0.15, -0.1) is 11.3 Å². The Bertz CT molecular complexity index is 1200. The molecular formula is C21H20ClN5OS. The number of carbonyl (C=O) groups is 1. The number of fused-ring (bicyclic) bond motifs is 1. The number of aromatic nitrogens is 4. The lowest BCUT2D eigenvalue weighted by molar-refractivity contribution is 0.102. The molecule has 1 N–H and O–H groups in total. The van der Waals surface area contributed by atoms with Crippen LogP contribution in [0.4, 0.5) is 5.13 Å². The minimum absolute atomic E-state index is 0.205. The number of pyridine rings is 1. The molecule has 0 radical (unpaired) electrons. The standard InChI is InChI=1S/C21H20ClN5OS/c1-12(2)27-19-15(10-25-27)8-16(9-23-19)20(28)26-21-24-11-17(29-21)6-14-5-4-13(3)18(22)7-14/h4-5,7-12H,6H2,1-3H3,(H,24,26,28). The van der Waals surface area contributed by atoms with E-state index in [2.05, 4.69) is 26.4 Å². The smallest absolute Gasteiger partial charge is 0.259 e. The van der Waals surface area contributed by atoms with Gasteiger partial charge in [-0.1, -0.05) is 23.7 Å². The average molecular weight is 426 g/mol. The number of hydrogen-bond acceptors (Lipinski definition) is 5. The van der Waals surface area contributed by atoms with E-state index in [0.717, 1.165) is 38.5 Å². The third kappa shape index (κ3) is 4.16. The van der Waals surface area contributed by atoms with Gasteiger partial charge in [0.25, 0.3) is 5.91 Å².